The van der Waals surface area contributed by atoms with Crippen LogP contribution in [0.1, 0.15) is 45.4 Å². The molecule has 0 bridgehead atoms. The number of nitriles is 1. The molecule has 1 aromatic heterocycles. The Morgan fingerprint density at radius 3 is 2.62 bits per heavy atom. The highest BCUT2D eigenvalue weighted by molar-refractivity contribution is 6.35. The summed E-state index contributed by atoms with van der Waals surface area (Å²) in [4.78, 5) is 44.8. The van der Waals surface area contributed by atoms with E-state index in [1.807, 2.05) is 13.8 Å². The van der Waals surface area contributed by atoms with Crippen LogP contribution in [0.15, 0.2) is 18.2 Å². The molecule has 2 aliphatic heterocycles. The maximum absolute atomic E-state index is 13.0. The molecule has 10 heteroatoms. The Morgan fingerprint density at radius 2 is 1.92 bits per heavy atom. The first-order valence-corrected chi connectivity index (χ1v) is 12.5. The highest BCUT2D eigenvalue weighted by atomic mass is 16.5. The highest BCUT2D eigenvalue weighted by Gasteiger charge is 2.26. The monoisotopic (exact) mass is 504 g/mol. The number of aryl methyl sites for hydroxylation is 1. The SMILES string of the molecule is CCOC(=O)CN1CCN(CCNC(=O)c2c(C)[nH]c(C=C3C(=O)Nc4ccc(C#N)cc43)c2C)CC1. The van der Waals surface area contributed by atoms with Gasteiger partial charge < -0.3 is 20.4 Å². The Bertz CT molecular complexity index is 1280. The van der Waals surface area contributed by atoms with Crippen molar-refractivity contribution in [3.8, 4) is 6.07 Å². The van der Waals surface area contributed by atoms with Gasteiger partial charge in [0.1, 0.15) is 0 Å². The van der Waals surface area contributed by atoms with Crippen molar-refractivity contribution in [2.45, 2.75) is 20.8 Å². The molecular weight excluding hydrogens is 472 g/mol. The van der Waals surface area contributed by atoms with Gasteiger partial charge in [-0.05, 0) is 50.6 Å². The summed E-state index contributed by atoms with van der Waals surface area (Å²) in [5.74, 6) is -0.606. The number of H-pyrrole nitrogens is 1. The molecule has 2 aromatic rings. The molecule has 1 saturated heterocycles. The normalized spacial score (nSPS) is 16.8. The van der Waals surface area contributed by atoms with E-state index < -0.39 is 0 Å². The summed E-state index contributed by atoms with van der Waals surface area (Å²) in [5.41, 5.74) is 4.98. The first-order valence-electron chi connectivity index (χ1n) is 12.5. The van der Waals surface area contributed by atoms with Gasteiger partial charge in [0.15, 0.2) is 0 Å². The summed E-state index contributed by atoms with van der Waals surface area (Å²) >= 11 is 0. The Hall–Kier alpha value is -3.94. The number of nitrogens with zero attached hydrogens (tertiary/aromatic N) is 3. The van der Waals surface area contributed by atoms with Crippen LogP contribution in [0.2, 0.25) is 0 Å². The summed E-state index contributed by atoms with van der Waals surface area (Å²) < 4.78 is 5.01. The fraction of sp³-hybridized carbons (Fsp3) is 0.407. The lowest BCUT2D eigenvalue weighted by Gasteiger charge is -2.34. The Morgan fingerprint density at radius 1 is 1.19 bits per heavy atom. The van der Waals surface area contributed by atoms with Crippen molar-refractivity contribution >= 4 is 35.1 Å². The second kappa shape index (κ2) is 11.4. The van der Waals surface area contributed by atoms with Gasteiger partial charge in [0.2, 0.25) is 0 Å². The van der Waals surface area contributed by atoms with Crippen LogP contribution < -0.4 is 10.6 Å². The molecule has 2 aliphatic rings. The van der Waals surface area contributed by atoms with Crippen molar-refractivity contribution in [1.29, 1.82) is 5.26 Å². The predicted octanol–water partition coefficient (Wildman–Crippen LogP) is 1.91. The molecule has 4 rings (SSSR count). The summed E-state index contributed by atoms with van der Waals surface area (Å²) in [6.07, 6.45) is 1.73. The van der Waals surface area contributed by atoms with Gasteiger partial charge >= 0.3 is 5.97 Å². The average molecular weight is 505 g/mol. The van der Waals surface area contributed by atoms with Crippen LogP contribution in [-0.4, -0.2) is 85.0 Å². The number of aromatic amines is 1. The van der Waals surface area contributed by atoms with Crippen LogP contribution in [0.25, 0.3) is 11.6 Å². The second-order valence-corrected chi connectivity index (χ2v) is 9.23. The van der Waals surface area contributed by atoms with Gasteiger partial charge in [-0.2, -0.15) is 5.26 Å². The predicted molar refractivity (Wildman–Crippen MR) is 140 cm³/mol. The number of carbonyl (C=O) groups is 3. The summed E-state index contributed by atoms with van der Waals surface area (Å²) in [6, 6.07) is 7.18. The maximum Gasteiger partial charge on any atom is 0.320 e. The lowest BCUT2D eigenvalue weighted by atomic mass is 10.0. The van der Waals surface area contributed by atoms with E-state index in [2.05, 4.69) is 31.5 Å². The number of anilines is 1. The van der Waals surface area contributed by atoms with Gasteiger partial charge in [-0.25, -0.2) is 0 Å². The minimum Gasteiger partial charge on any atom is -0.465 e. The van der Waals surface area contributed by atoms with Crippen LogP contribution in [0.4, 0.5) is 5.69 Å². The number of hydrogen-bond acceptors (Lipinski definition) is 7. The number of rotatable bonds is 8. The smallest absolute Gasteiger partial charge is 0.320 e. The van der Waals surface area contributed by atoms with E-state index in [0.29, 0.717) is 53.3 Å². The molecule has 0 unspecified atom stereocenters. The maximum atomic E-state index is 13.0. The zero-order valence-electron chi connectivity index (χ0n) is 21.4. The van der Waals surface area contributed by atoms with Crippen molar-refractivity contribution < 1.29 is 19.1 Å². The number of carbonyl (C=O) groups excluding carboxylic acids is 3. The molecule has 1 aromatic carbocycles. The van der Waals surface area contributed by atoms with Gasteiger partial charge in [-0.15, -0.1) is 0 Å². The van der Waals surface area contributed by atoms with E-state index in [4.69, 9.17) is 4.74 Å². The number of piperazine rings is 1. The Kier molecular flexibility index (Phi) is 8.06. The zero-order valence-corrected chi connectivity index (χ0v) is 21.4. The van der Waals surface area contributed by atoms with Crippen LogP contribution in [-0.2, 0) is 14.3 Å². The number of ether oxygens (including phenoxy) is 1. The molecule has 1 fully saturated rings. The lowest BCUT2D eigenvalue weighted by Crippen LogP contribution is -2.49. The third kappa shape index (κ3) is 5.90. The molecular formula is C27H32N6O4. The standard InChI is InChI=1S/C27H32N6O4/c1-4-37-24(34)16-33-11-9-32(10-12-33)8-7-29-27(36)25-17(2)23(30-18(25)3)14-21-20-13-19(15-28)5-6-22(20)31-26(21)35/h5-6,13-14,30H,4,7-12,16H2,1-3H3,(H,29,36)(H,31,35). The summed E-state index contributed by atoms with van der Waals surface area (Å²) in [6.45, 7) is 10.6. The van der Waals surface area contributed by atoms with E-state index in [0.717, 1.165) is 44.0 Å². The van der Waals surface area contributed by atoms with Crippen LogP contribution in [0.3, 0.4) is 0 Å². The second-order valence-electron chi connectivity index (χ2n) is 9.23. The molecule has 3 N–H and O–H groups in total. The minimum absolute atomic E-state index is 0.167. The van der Waals surface area contributed by atoms with Gasteiger partial charge in [0.05, 0.1) is 35.9 Å². The summed E-state index contributed by atoms with van der Waals surface area (Å²) in [7, 11) is 0. The Balaban J connectivity index is 1.35. The van der Waals surface area contributed by atoms with E-state index >= 15 is 0 Å². The van der Waals surface area contributed by atoms with Crippen molar-refractivity contribution in [3.63, 3.8) is 0 Å². The van der Waals surface area contributed by atoms with Crippen LogP contribution in [0, 0.1) is 25.2 Å². The fourth-order valence-corrected chi connectivity index (χ4v) is 4.78. The van der Waals surface area contributed by atoms with Gasteiger partial charge in [-0.3, -0.25) is 24.2 Å². The molecule has 0 radical (unpaired) electrons. The van der Waals surface area contributed by atoms with Crippen molar-refractivity contribution in [2.24, 2.45) is 0 Å². The number of amides is 2. The topological polar surface area (TPSA) is 131 Å². The molecule has 0 saturated carbocycles. The molecule has 2 amide bonds. The van der Waals surface area contributed by atoms with Crippen molar-refractivity contribution in [2.75, 3.05) is 57.7 Å². The number of nitrogens with one attached hydrogen (secondary N) is 3. The zero-order chi connectivity index (χ0) is 26.5. The molecule has 0 atom stereocenters. The Labute approximate surface area is 216 Å². The fourth-order valence-electron chi connectivity index (χ4n) is 4.78. The number of esters is 1. The quantitative estimate of drug-likeness (QED) is 0.370. The number of hydrogen-bond donors (Lipinski definition) is 3. The molecule has 0 spiro atoms. The number of benzene rings is 1. The van der Waals surface area contributed by atoms with Crippen molar-refractivity contribution in [3.05, 3.63) is 51.8 Å². The number of fused-ring (bicyclic) bond motifs is 1. The minimum atomic E-state index is -0.245. The molecule has 0 aliphatic carbocycles. The van der Waals surface area contributed by atoms with Crippen molar-refractivity contribution in [1.82, 2.24) is 20.1 Å². The molecule has 194 valence electrons. The average Bonchev–Trinajstić information content (AvgIpc) is 3.34. The molecule has 10 nitrogen and oxygen atoms in total. The van der Waals surface area contributed by atoms with Gasteiger partial charge in [-0.1, -0.05) is 0 Å². The number of aromatic nitrogens is 1. The third-order valence-corrected chi connectivity index (χ3v) is 6.76. The first-order chi connectivity index (χ1) is 17.8. The van der Waals surface area contributed by atoms with E-state index in [-0.39, 0.29) is 17.8 Å². The first kappa shape index (κ1) is 26.1. The molecule has 37 heavy (non-hydrogen) atoms. The van der Waals surface area contributed by atoms with E-state index in [1.54, 1.807) is 31.2 Å². The highest BCUT2D eigenvalue weighted by Crippen LogP contribution is 2.34. The van der Waals surface area contributed by atoms with E-state index in [9.17, 15) is 19.6 Å². The summed E-state index contributed by atoms with van der Waals surface area (Å²) in [5, 5.41) is 15.1. The van der Waals surface area contributed by atoms with Gasteiger partial charge in [0, 0.05) is 61.9 Å². The lowest BCUT2D eigenvalue weighted by molar-refractivity contribution is -0.144. The molecule has 3 heterocycles. The van der Waals surface area contributed by atoms with Crippen LogP contribution in [0.5, 0.6) is 0 Å². The third-order valence-electron chi connectivity index (χ3n) is 6.76. The van der Waals surface area contributed by atoms with E-state index in [1.165, 1.54) is 0 Å². The largest absolute Gasteiger partial charge is 0.465 e. The van der Waals surface area contributed by atoms with Crippen LogP contribution >= 0.6 is 0 Å². The van der Waals surface area contributed by atoms with Gasteiger partial charge in [0.25, 0.3) is 11.8 Å².